The van der Waals surface area contributed by atoms with E-state index in [2.05, 4.69) is 37.3 Å². The molecule has 1 nitrogen and oxygen atoms in total. The molecule has 1 fully saturated rings. The van der Waals surface area contributed by atoms with E-state index in [4.69, 9.17) is 5.26 Å². The first-order valence-corrected chi connectivity index (χ1v) is 9.12. The molecule has 1 aliphatic carbocycles. The third-order valence-electron chi connectivity index (χ3n) is 4.96. The second kappa shape index (κ2) is 10.1. The molecular formula is C22H29N. The number of allylic oxidation sites excluding steroid dienone is 4. The second-order valence-corrected chi connectivity index (χ2v) is 6.76. The molecule has 0 saturated heterocycles. The fourth-order valence-electron chi connectivity index (χ4n) is 3.52. The monoisotopic (exact) mass is 307 g/mol. The van der Waals surface area contributed by atoms with Gasteiger partial charge in [-0.25, -0.2) is 0 Å². The molecule has 0 bridgehead atoms. The molecule has 0 amide bonds. The molecule has 2 rings (SSSR count). The molecule has 1 heteroatoms. The van der Waals surface area contributed by atoms with Crippen LogP contribution in [0.5, 0.6) is 0 Å². The summed E-state index contributed by atoms with van der Waals surface area (Å²) in [6, 6.07) is 11.3. The maximum atomic E-state index is 8.46. The number of rotatable bonds is 7. The number of aryl methyl sites for hydroxylation is 2. The van der Waals surface area contributed by atoms with Crippen LogP contribution in [0.3, 0.4) is 0 Å². The van der Waals surface area contributed by atoms with Gasteiger partial charge in [0.15, 0.2) is 0 Å². The van der Waals surface area contributed by atoms with Crippen LogP contribution in [0.15, 0.2) is 48.6 Å². The Kier molecular flexibility index (Phi) is 7.67. The molecule has 0 unspecified atom stereocenters. The van der Waals surface area contributed by atoms with Gasteiger partial charge in [-0.05, 0) is 67.9 Å². The fourth-order valence-corrected chi connectivity index (χ4v) is 3.52. The molecule has 122 valence electrons. The quantitative estimate of drug-likeness (QED) is 0.446. The Bertz CT molecular complexity index is 536. The average molecular weight is 307 g/mol. The Morgan fingerprint density at radius 1 is 1.00 bits per heavy atom. The van der Waals surface area contributed by atoms with Gasteiger partial charge in [-0.3, -0.25) is 0 Å². The second-order valence-electron chi connectivity index (χ2n) is 6.76. The van der Waals surface area contributed by atoms with Crippen molar-refractivity contribution in [3.63, 3.8) is 0 Å². The Morgan fingerprint density at radius 2 is 1.65 bits per heavy atom. The van der Waals surface area contributed by atoms with Crippen molar-refractivity contribution in [2.45, 2.75) is 58.3 Å². The van der Waals surface area contributed by atoms with E-state index >= 15 is 0 Å². The SMILES string of the molecule is CCCc1ccc(CCC2CCC(/C=C/C=C/C#N)CC2)cc1. The predicted octanol–water partition coefficient (Wildman–Crippen LogP) is 6.01. The minimum absolute atomic E-state index is 0.711. The molecule has 0 atom stereocenters. The van der Waals surface area contributed by atoms with E-state index in [1.54, 1.807) is 0 Å². The molecular weight excluding hydrogens is 278 g/mol. The summed E-state index contributed by atoms with van der Waals surface area (Å²) in [6.07, 6.45) is 18.0. The largest absolute Gasteiger partial charge is 0.193 e. The van der Waals surface area contributed by atoms with Gasteiger partial charge in [-0.15, -0.1) is 0 Å². The lowest BCUT2D eigenvalue weighted by Crippen LogP contribution is -2.13. The first kappa shape index (κ1) is 17.5. The van der Waals surface area contributed by atoms with Gasteiger partial charge in [0.05, 0.1) is 6.07 Å². The van der Waals surface area contributed by atoms with Crippen LogP contribution in [-0.4, -0.2) is 0 Å². The normalized spacial score (nSPS) is 21.7. The molecule has 0 radical (unpaired) electrons. The molecule has 1 aliphatic rings. The minimum atomic E-state index is 0.711. The molecule has 0 spiro atoms. The number of hydrogen-bond acceptors (Lipinski definition) is 1. The van der Waals surface area contributed by atoms with Crippen LogP contribution < -0.4 is 0 Å². The summed E-state index contributed by atoms with van der Waals surface area (Å²) in [5.74, 6) is 1.60. The summed E-state index contributed by atoms with van der Waals surface area (Å²) in [7, 11) is 0. The van der Waals surface area contributed by atoms with E-state index in [-0.39, 0.29) is 0 Å². The summed E-state index contributed by atoms with van der Waals surface area (Å²) in [6.45, 7) is 2.24. The van der Waals surface area contributed by atoms with Crippen LogP contribution in [0, 0.1) is 23.2 Å². The van der Waals surface area contributed by atoms with Gasteiger partial charge in [-0.1, -0.05) is 55.8 Å². The van der Waals surface area contributed by atoms with Crippen molar-refractivity contribution in [1.82, 2.24) is 0 Å². The van der Waals surface area contributed by atoms with Crippen LogP contribution in [0.1, 0.15) is 56.6 Å². The molecule has 0 N–H and O–H groups in total. The fraction of sp³-hybridized carbons (Fsp3) is 0.500. The van der Waals surface area contributed by atoms with Gasteiger partial charge < -0.3 is 0 Å². The van der Waals surface area contributed by atoms with E-state index in [0.717, 1.165) is 5.92 Å². The Hall–Kier alpha value is -1.81. The zero-order valence-electron chi connectivity index (χ0n) is 14.4. The zero-order chi connectivity index (χ0) is 16.3. The van der Waals surface area contributed by atoms with E-state index < -0.39 is 0 Å². The summed E-state index contributed by atoms with van der Waals surface area (Å²) in [4.78, 5) is 0. The highest BCUT2D eigenvalue weighted by Gasteiger charge is 2.19. The van der Waals surface area contributed by atoms with Crippen molar-refractivity contribution in [2.75, 3.05) is 0 Å². The van der Waals surface area contributed by atoms with Crippen molar-refractivity contribution in [3.8, 4) is 6.07 Å². The van der Waals surface area contributed by atoms with Gasteiger partial charge >= 0.3 is 0 Å². The smallest absolute Gasteiger partial charge is 0.0912 e. The predicted molar refractivity (Wildman–Crippen MR) is 98.1 cm³/mol. The molecule has 1 aromatic rings. The van der Waals surface area contributed by atoms with Crippen LogP contribution >= 0.6 is 0 Å². The lowest BCUT2D eigenvalue weighted by molar-refractivity contribution is 0.296. The maximum Gasteiger partial charge on any atom is 0.0912 e. The summed E-state index contributed by atoms with van der Waals surface area (Å²) < 4.78 is 0. The molecule has 0 heterocycles. The highest BCUT2D eigenvalue weighted by molar-refractivity contribution is 5.22. The van der Waals surface area contributed by atoms with Crippen LogP contribution in [-0.2, 0) is 12.8 Å². The topological polar surface area (TPSA) is 23.8 Å². The van der Waals surface area contributed by atoms with Crippen molar-refractivity contribution in [1.29, 1.82) is 5.26 Å². The van der Waals surface area contributed by atoms with Crippen LogP contribution in [0.25, 0.3) is 0 Å². The molecule has 1 saturated carbocycles. The molecule has 0 aliphatic heterocycles. The van der Waals surface area contributed by atoms with Crippen LogP contribution in [0.2, 0.25) is 0 Å². The zero-order valence-corrected chi connectivity index (χ0v) is 14.4. The number of hydrogen-bond donors (Lipinski definition) is 0. The van der Waals surface area contributed by atoms with Crippen molar-refractivity contribution in [3.05, 3.63) is 59.7 Å². The summed E-state index contributed by atoms with van der Waals surface area (Å²) >= 11 is 0. The number of nitrogens with zero attached hydrogens (tertiary/aromatic N) is 1. The van der Waals surface area contributed by atoms with Gasteiger partial charge in [0.25, 0.3) is 0 Å². The highest BCUT2D eigenvalue weighted by atomic mass is 14.2. The maximum absolute atomic E-state index is 8.46. The van der Waals surface area contributed by atoms with E-state index in [1.807, 2.05) is 18.2 Å². The van der Waals surface area contributed by atoms with Crippen molar-refractivity contribution < 1.29 is 0 Å². The van der Waals surface area contributed by atoms with Crippen molar-refractivity contribution >= 4 is 0 Å². The van der Waals surface area contributed by atoms with E-state index in [9.17, 15) is 0 Å². The lowest BCUT2D eigenvalue weighted by Gasteiger charge is -2.26. The van der Waals surface area contributed by atoms with Crippen LogP contribution in [0.4, 0.5) is 0 Å². The highest BCUT2D eigenvalue weighted by Crippen LogP contribution is 2.32. The van der Waals surface area contributed by atoms with Gasteiger partial charge in [-0.2, -0.15) is 5.26 Å². The Labute approximate surface area is 141 Å². The van der Waals surface area contributed by atoms with Gasteiger partial charge in [0.1, 0.15) is 0 Å². The van der Waals surface area contributed by atoms with Gasteiger partial charge in [0.2, 0.25) is 0 Å². The molecule has 1 aromatic carbocycles. The van der Waals surface area contributed by atoms with Gasteiger partial charge in [0, 0.05) is 6.08 Å². The Balaban J connectivity index is 1.69. The minimum Gasteiger partial charge on any atom is -0.193 e. The molecule has 23 heavy (non-hydrogen) atoms. The third kappa shape index (κ3) is 6.45. The number of nitriles is 1. The van der Waals surface area contributed by atoms with Crippen molar-refractivity contribution in [2.24, 2.45) is 11.8 Å². The average Bonchev–Trinajstić information content (AvgIpc) is 2.59. The standard InChI is InChI=1S/C22H29N/c1-2-6-19-8-12-21(13-9-19)16-17-22-14-10-20(11-15-22)7-4-3-5-18-23/h3-5,7-9,12-13,20,22H,2,6,10-11,14-17H2,1H3/b5-3+,7-4+. The van der Waals surface area contributed by atoms with E-state index in [1.165, 1.54) is 68.6 Å². The summed E-state index contributed by atoms with van der Waals surface area (Å²) in [5, 5.41) is 8.46. The first-order valence-electron chi connectivity index (χ1n) is 9.12. The molecule has 0 aromatic heterocycles. The van der Waals surface area contributed by atoms with E-state index in [0.29, 0.717) is 5.92 Å². The first-order chi connectivity index (χ1) is 11.3. The lowest BCUT2D eigenvalue weighted by atomic mass is 9.79. The summed E-state index contributed by atoms with van der Waals surface area (Å²) in [5.41, 5.74) is 2.96. The number of benzene rings is 1. The Morgan fingerprint density at radius 3 is 2.26 bits per heavy atom. The third-order valence-corrected chi connectivity index (χ3v) is 4.96.